The Morgan fingerprint density at radius 2 is 1.78 bits per heavy atom. The van der Waals surface area contributed by atoms with E-state index >= 15 is 0 Å². The van der Waals surface area contributed by atoms with Gasteiger partial charge in [0.05, 0.1) is 0 Å². The van der Waals surface area contributed by atoms with E-state index in [-0.39, 0.29) is 0 Å². The molecule has 0 saturated carbocycles. The molecule has 0 unspecified atom stereocenters. The molecule has 54 valence electrons. The van der Waals surface area contributed by atoms with Crippen molar-refractivity contribution in [3.05, 3.63) is 0 Å². The first-order valence-electron chi connectivity index (χ1n) is 3.98. The molecule has 0 aromatic heterocycles. The van der Waals surface area contributed by atoms with Gasteiger partial charge in [0.15, 0.2) is 0 Å². The second-order valence-electron chi connectivity index (χ2n) is 4.12. The summed E-state index contributed by atoms with van der Waals surface area (Å²) in [5, 5.41) is 0. The second kappa shape index (κ2) is 3.90. The van der Waals surface area contributed by atoms with Crippen LogP contribution < -0.4 is 0 Å². The Labute approximate surface area is 74.0 Å². The Balaban J connectivity index is 3.58. The topological polar surface area (TPSA) is 0 Å². The van der Waals surface area contributed by atoms with E-state index in [0.717, 1.165) is 30.3 Å². The van der Waals surface area contributed by atoms with Crippen LogP contribution in [0.15, 0.2) is 0 Å². The first-order chi connectivity index (χ1) is 3.98. The summed E-state index contributed by atoms with van der Waals surface area (Å²) >= 11 is 0.885. The fourth-order valence-electron chi connectivity index (χ4n) is 1.25. The molecule has 0 aliphatic rings. The van der Waals surface area contributed by atoms with Crippen LogP contribution in [0.25, 0.3) is 0 Å². The van der Waals surface area contributed by atoms with E-state index < -0.39 is 0 Å². The average molecular weight is 230 g/mol. The molecule has 0 heterocycles. The van der Waals surface area contributed by atoms with Gasteiger partial charge in [-0.25, -0.2) is 0 Å². The van der Waals surface area contributed by atoms with Crippen molar-refractivity contribution in [3.63, 3.8) is 0 Å². The van der Waals surface area contributed by atoms with Crippen molar-refractivity contribution in [2.24, 2.45) is 11.3 Å². The molecule has 0 bridgehead atoms. The van der Waals surface area contributed by atoms with Gasteiger partial charge in [-0.3, -0.25) is 0 Å². The normalized spacial score (nSPS) is 12.6. The SMILES string of the molecule is CC(C)CC(C)(C)[CH2][InH2]. The van der Waals surface area contributed by atoms with Crippen molar-refractivity contribution in [3.8, 4) is 0 Å². The summed E-state index contributed by atoms with van der Waals surface area (Å²) in [7, 11) is 0. The molecule has 0 N–H and O–H groups in total. The van der Waals surface area contributed by atoms with E-state index in [0.29, 0.717) is 5.41 Å². The van der Waals surface area contributed by atoms with Gasteiger partial charge in [0.25, 0.3) is 0 Å². The molecule has 0 fully saturated rings. The molecule has 0 rings (SSSR count). The molecule has 0 aromatic carbocycles. The molecule has 0 atom stereocenters. The first-order valence-corrected chi connectivity index (χ1v) is 8.01. The van der Waals surface area contributed by atoms with Crippen LogP contribution in [0.5, 0.6) is 0 Å². The molecular formula is C8H19In. The number of rotatable bonds is 3. The van der Waals surface area contributed by atoms with Crippen LogP contribution in [-0.2, 0) is 0 Å². The Hall–Kier alpha value is 0.870. The Bertz CT molecular complexity index is 74.6. The Morgan fingerprint density at radius 1 is 1.33 bits per heavy atom. The van der Waals surface area contributed by atoms with Gasteiger partial charge in [0.2, 0.25) is 0 Å². The number of hydrogen-bond donors (Lipinski definition) is 0. The van der Waals surface area contributed by atoms with Crippen molar-refractivity contribution in [1.82, 2.24) is 0 Å². The quantitative estimate of drug-likeness (QED) is 0.696. The van der Waals surface area contributed by atoms with Gasteiger partial charge in [-0.15, -0.1) is 0 Å². The zero-order valence-corrected chi connectivity index (χ0v) is 13.2. The van der Waals surface area contributed by atoms with Crippen LogP contribution in [-0.4, -0.2) is 24.4 Å². The fourth-order valence-corrected chi connectivity index (χ4v) is 2.07. The summed E-state index contributed by atoms with van der Waals surface area (Å²) in [5.74, 6) is 0.881. The maximum atomic E-state index is 2.39. The maximum absolute atomic E-state index is 2.39. The van der Waals surface area contributed by atoms with Crippen molar-refractivity contribution in [2.45, 2.75) is 38.3 Å². The molecule has 0 radical (unpaired) electrons. The van der Waals surface area contributed by atoms with Crippen LogP contribution in [0.4, 0.5) is 0 Å². The van der Waals surface area contributed by atoms with Crippen LogP contribution in [0.1, 0.15) is 34.1 Å². The minimum absolute atomic E-state index is 0.657. The molecule has 1 heteroatoms. The monoisotopic (exact) mass is 230 g/mol. The van der Waals surface area contributed by atoms with Gasteiger partial charge in [0.1, 0.15) is 0 Å². The molecular weight excluding hydrogens is 211 g/mol. The van der Waals surface area contributed by atoms with Gasteiger partial charge in [-0.1, -0.05) is 0 Å². The Kier molecular flexibility index (Phi) is 4.28. The van der Waals surface area contributed by atoms with E-state index in [1.165, 1.54) is 10.6 Å². The molecule has 9 heavy (non-hydrogen) atoms. The van der Waals surface area contributed by atoms with E-state index in [1.807, 2.05) is 0 Å². The van der Waals surface area contributed by atoms with Gasteiger partial charge in [0, 0.05) is 0 Å². The third kappa shape index (κ3) is 5.32. The van der Waals surface area contributed by atoms with E-state index in [4.69, 9.17) is 0 Å². The van der Waals surface area contributed by atoms with Crippen molar-refractivity contribution in [2.75, 3.05) is 0 Å². The summed E-state index contributed by atoms with van der Waals surface area (Å²) in [6, 6.07) is 0. The summed E-state index contributed by atoms with van der Waals surface area (Å²) in [6.45, 7) is 9.41. The molecule has 0 nitrogen and oxygen atoms in total. The molecule has 0 saturated heterocycles. The molecule has 0 aliphatic carbocycles. The van der Waals surface area contributed by atoms with Crippen LogP contribution in [0.3, 0.4) is 0 Å². The van der Waals surface area contributed by atoms with Crippen LogP contribution in [0.2, 0.25) is 4.18 Å². The van der Waals surface area contributed by atoms with E-state index in [1.54, 1.807) is 0 Å². The summed E-state index contributed by atoms with van der Waals surface area (Å²) in [6.07, 6.45) is 1.40. The predicted molar refractivity (Wildman–Crippen MR) is 46.6 cm³/mol. The molecule has 0 aromatic rings. The third-order valence-electron chi connectivity index (χ3n) is 1.92. The Morgan fingerprint density at radius 3 is 1.89 bits per heavy atom. The zero-order chi connectivity index (χ0) is 7.49. The molecule has 0 spiro atoms. The number of hydrogen-bond acceptors (Lipinski definition) is 0. The van der Waals surface area contributed by atoms with E-state index in [2.05, 4.69) is 27.7 Å². The first kappa shape index (κ1) is 9.87. The van der Waals surface area contributed by atoms with Gasteiger partial charge in [-0.05, 0) is 0 Å². The average Bonchev–Trinajstić information content (AvgIpc) is 1.63. The fraction of sp³-hybridized carbons (Fsp3) is 1.00. The minimum atomic E-state index is 0.657. The van der Waals surface area contributed by atoms with Crippen LogP contribution in [0, 0.1) is 11.3 Å². The second-order valence-corrected chi connectivity index (χ2v) is 6.13. The van der Waals surface area contributed by atoms with Gasteiger partial charge >= 0.3 is 74.0 Å². The zero-order valence-electron chi connectivity index (χ0n) is 7.49. The third-order valence-corrected chi connectivity index (χ3v) is 7.38. The van der Waals surface area contributed by atoms with Crippen molar-refractivity contribution in [1.29, 1.82) is 0 Å². The van der Waals surface area contributed by atoms with Gasteiger partial charge in [-0.2, -0.15) is 0 Å². The standard InChI is InChI=1S/C8H17.In.2H/c1-7(2)6-8(3,4)5;;;/h7H,3,6H2,1-2,4-5H3;;;. The predicted octanol–water partition coefficient (Wildman–Crippen LogP) is 2.11. The van der Waals surface area contributed by atoms with Crippen LogP contribution >= 0.6 is 0 Å². The van der Waals surface area contributed by atoms with Crippen molar-refractivity contribution >= 4 is 24.4 Å². The summed E-state index contributed by atoms with van der Waals surface area (Å²) < 4.78 is 1.51. The van der Waals surface area contributed by atoms with E-state index in [9.17, 15) is 0 Å². The van der Waals surface area contributed by atoms with Gasteiger partial charge < -0.3 is 0 Å². The molecule has 0 amide bonds. The summed E-state index contributed by atoms with van der Waals surface area (Å²) in [5.41, 5.74) is 0.657. The molecule has 0 aliphatic heterocycles. The van der Waals surface area contributed by atoms with Crippen molar-refractivity contribution < 1.29 is 0 Å². The summed E-state index contributed by atoms with van der Waals surface area (Å²) in [4.78, 5) is 0.